The number of aliphatic hydroxyl groups is 1. The van der Waals surface area contributed by atoms with E-state index in [9.17, 15) is 19.5 Å². The molecule has 0 unspecified atom stereocenters. The molecule has 3 atom stereocenters. The number of hydrogen-bond donors (Lipinski definition) is 4. The standard InChI is InChI=1S/C57H73N5O7S2/c1-41-50(70-40-60-41)43-32-30-42(31-33-43)38-59-52(65)48-37-47(63)39-62(48)53(66)51(61-49(64)29-19-12-22-36-68-35-21-8-7-20-34-58-54(67)69-55(2,3)4)56(5,6)71-57(44-23-13-9-14-24-44,45-25-15-10-16-26-45)46-27-17-11-18-28-46/h9-11,13-18,23-28,30-33,40,47-48,51,63H,7-8,12,19-22,29,34-39H2,1-6H3,(H,58,67)(H,59,65)(H,61,64)/t47-,48+,51-/m1/s1. The fourth-order valence-corrected chi connectivity index (χ4v) is 11.6. The molecule has 380 valence electrons. The molecule has 14 heteroatoms. The second kappa shape index (κ2) is 26.2. The predicted octanol–water partition coefficient (Wildman–Crippen LogP) is 10.3. The summed E-state index contributed by atoms with van der Waals surface area (Å²) in [6.45, 7) is 13.5. The van der Waals surface area contributed by atoms with E-state index in [2.05, 4.69) is 57.3 Å². The quantitative estimate of drug-likeness (QED) is 0.0330. The molecular formula is C57H73N5O7S2. The van der Waals surface area contributed by atoms with Crippen molar-refractivity contribution in [2.75, 3.05) is 26.3 Å². The van der Waals surface area contributed by atoms with Crippen LogP contribution in [0.5, 0.6) is 0 Å². The molecule has 71 heavy (non-hydrogen) atoms. The third-order valence-electron chi connectivity index (χ3n) is 12.6. The summed E-state index contributed by atoms with van der Waals surface area (Å²) >= 11 is 3.17. The van der Waals surface area contributed by atoms with Crippen molar-refractivity contribution in [2.45, 2.75) is 139 Å². The van der Waals surface area contributed by atoms with Gasteiger partial charge in [0.25, 0.3) is 0 Å². The Morgan fingerprint density at radius 1 is 0.761 bits per heavy atom. The number of aromatic nitrogens is 1. The average molecular weight is 1000 g/mol. The van der Waals surface area contributed by atoms with Gasteiger partial charge in [0.05, 0.1) is 26.9 Å². The molecule has 0 spiro atoms. The number of β-amino-alcohol motifs (C(OH)–C–C–N with tert-alkyl or cyclic N) is 1. The van der Waals surface area contributed by atoms with Crippen molar-refractivity contribution in [3.63, 3.8) is 0 Å². The molecule has 5 aromatic rings. The number of unbranched alkanes of at least 4 members (excludes halogenated alkanes) is 5. The molecule has 1 saturated heterocycles. The molecule has 6 rings (SSSR count). The largest absolute Gasteiger partial charge is 0.444 e. The van der Waals surface area contributed by atoms with Crippen molar-refractivity contribution in [2.24, 2.45) is 0 Å². The highest BCUT2D eigenvalue weighted by molar-refractivity contribution is 8.02. The van der Waals surface area contributed by atoms with Crippen LogP contribution in [0.15, 0.2) is 121 Å². The van der Waals surface area contributed by atoms with Crippen LogP contribution in [-0.2, 0) is 35.1 Å². The van der Waals surface area contributed by atoms with Gasteiger partial charge in [0, 0.05) is 50.4 Å². The molecule has 0 radical (unpaired) electrons. The SMILES string of the molecule is Cc1ncsc1-c1ccc(CNC(=O)[C@@H]2C[C@@H](O)CN2C(=O)[C@@H](NC(=O)CCCCCOCCCCCCNC(=O)OC(C)(C)C)C(C)(C)SC(c2ccccc2)(c2ccccc2)c2ccccc2)cc1. The van der Waals surface area contributed by atoms with Crippen LogP contribution in [0.2, 0.25) is 0 Å². The second-order valence-corrected chi connectivity index (χ2v) is 22.6. The number of ether oxygens (including phenoxy) is 2. The van der Waals surface area contributed by atoms with Gasteiger partial charge in [0.2, 0.25) is 17.7 Å². The number of hydrogen-bond acceptors (Lipinski definition) is 10. The minimum absolute atomic E-state index is 0.0422. The van der Waals surface area contributed by atoms with Gasteiger partial charge in [-0.25, -0.2) is 9.78 Å². The zero-order valence-corrected chi connectivity index (χ0v) is 43.9. The minimum Gasteiger partial charge on any atom is -0.444 e. The Morgan fingerprint density at radius 3 is 1.87 bits per heavy atom. The van der Waals surface area contributed by atoms with Crippen LogP contribution in [0.25, 0.3) is 10.4 Å². The van der Waals surface area contributed by atoms with E-state index in [1.54, 1.807) is 23.1 Å². The molecular weight excluding hydrogens is 931 g/mol. The summed E-state index contributed by atoms with van der Waals surface area (Å²) in [5, 5.41) is 20.1. The Balaban J connectivity index is 1.13. The number of carbonyl (C=O) groups is 4. The first-order valence-electron chi connectivity index (χ1n) is 25.0. The lowest BCUT2D eigenvalue weighted by atomic mass is 9.84. The molecule has 12 nitrogen and oxygen atoms in total. The summed E-state index contributed by atoms with van der Waals surface area (Å²) < 4.78 is 9.35. The molecule has 1 aliphatic heterocycles. The fourth-order valence-electron chi connectivity index (χ4n) is 9.00. The van der Waals surface area contributed by atoms with Gasteiger partial charge >= 0.3 is 6.09 Å². The third kappa shape index (κ3) is 15.7. The van der Waals surface area contributed by atoms with Gasteiger partial charge in [-0.15, -0.1) is 23.1 Å². The van der Waals surface area contributed by atoms with Crippen molar-refractivity contribution in [3.8, 4) is 10.4 Å². The number of thiazole rings is 1. The first-order chi connectivity index (χ1) is 34.1. The Labute approximate surface area is 429 Å². The lowest BCUT2D eigenvalue weighted by Crippen LogP contribution is -2.60. The summed E-state index contributed by atoms with van der Waals surface area (Å²) in [6.07, 6.45) is 4.92. The number of aryl methyl sites for hydroxylation is 1. The van der Waals surface area contributed by atoms with E-state index in [4.69, 9.17) is 9.47 Å². The van der Waals surface area contributed by atoms with E-state index in [0.717, 1.165) is 76.9 Å². The number of rotatable bonds is 25. The highest BCUT2D eigenvalue weighted by Gasteiger charge is 2.50. The van der Waals surface area contributed by atoms with Crippen LogP contribution in [0.1, 0.15) is 120 Å². The molecule has 1 aliphatic rings. The number of aliphatic hydroxyl groups excluding tert-OH is 1. The molecule has 0 bridgehead atoms. The van der Waals surface area contributed by atoms with Gasteiger partial charge in [-0.3, -0.25) is 14.4 Å². The van der Waals surface area contributed by atoms with Crippen LogP contribution in [-0.4, -0.2) is 93.6 Å². The van der Waals surface area contributed by atoms with Gasteiger partial charge in [-0.05, 0) is 95.0 Å². The minimum atomic E-state index is -1.09. The molecule has 0 aliphatic carbocycles. The van der Waals surface area contributed by atoms with E-state index in [-0.39, 0.29) is 37.7 Å². The fraction of sp³-hybridized carbons (Fsp3) is 0.456. The zero-order chi connectivity index (χ0) is 50.9. The number of nitrogens with one attached hydrogen (secondary N) is 3. The van der Waals surface area contributed by atoms with Gasteiger partial charge < -0.3 is 35.4 Å². The second-order valence-electron chi connectivity index (χ2n) is 19.8. The molecule has 4 aromatic carbocycles. The van der Waals surface area contributed by atoms with E-state index < -0.39 is 45.3 Å². The van der Waals surface area contributed by atoms with Gasteiger partial charge in [0.1, 0.15) is 17.7 Å². The van der Waals surface area contributed by atoms with E-state index in [0.29, 0.717) is 26.2 Å². The third-order valence-corrected chi connectivity index (χ3v) is 15.3. The number of benzene rings is 4. The Kier molecular flexibility index (Phi) is 20.2. The lowest BCUT2D eigenvalue weighted by Gasteiger charge is -2.45. The molecule has 1 fully saturated rings. The Bertz CT molecular complexity index is 2350. The number of nitrogens with zero attached hydrogens (tertiary/aromatic N) is 2. The van der Waals surface area contributed by atoms with E-state index in [1.165, 1.54) is 4.90 Å². The number of carbonyl (C=O) groups excluding carboxylic acids is 4. The molecule has 4 amide bonds. The smallest absolute Gasteiger partial charge is 0.407 e. The highest BCUT2D eigenvalue weighted by Crippen LogP contribution is 2.54. The van der Waals surface area contributed by atoms with Crippen molar-refractivity contribution < 1.29 is 33.8 Å². The van der Waals surface area contributed by atoms with Gasteiger partial charge in [-0.2, -0.15) is 0 Å². The summed E-state index contributed by atoms with van der Waals surface area (Å²) in [5.74, 6) is -1.05. The van der Waals surface area contributed by atoms with Crippen molar-refractivity contribution >= 4 is 46.9 Å². The predicted molar refractivity (Wildman–Crippen MR) is 285 cm³/mol. The van der Waals surface area contributed by atoms with Crippen LogP contribution in [0.3, 0.4) is 0 Å². The van der Waals surface area contributed by atoms with Crippen LogP contribution in [0, 0.1) is 6.92 Å². The first kappa shape index (κ1) is 54.8. The number of likely N-dealkylation sites (tertiary alicyclic amines) is 1. The summed E-state index contributed by atoms with van der Waals surface area (Å²) in [6, 6.07) is 36.6. The van der Waals surface area contributed by atoms with Crippen LogP contribution in [0.4, 0.5) is 4.79 Å². The zero-order valence-electron chi connectivity index (χ0n) is 42.3. The van der Waals surface area contributed by atoms with Gasteiger partial charge in [-0.1, -0.05) is 135 Å². The van der Waals surface area contributed by atoms with E-state index >= 15 is 4.79 Å². The van der Waals surface area contributed by atoms with Crippen molar-refractivity contribution in [3.05, 3.63) is 149 Å². The Hall–Kier alpha value is -5.54. The summed E-state index contributed by atoms with van der Waals surface area (Å²) in [7, 11) is 0. The monoisotopic (exact) mass is 1000 g/mol. The lowest BCUT2D eigenvalue weighted by molar-refractivity contribution is -0.142. The maximum absolute atomic E-state index is 15.3. The number of alkyl carbamates (subject to hydrolysis) is 1. The summed E-state index contributed by atoms with van der Waals surface area (Å²) in [5.41, 5.74) is 7.25. The Morgan fingerprint density at radius 2 is 1.32 bits per heavy atom. The normalized spacial score (nSPS) is 15.5. The number of thioether (sulfide) groups is 1. The summed E-state index contributed by atoms with van der Waals surface area (Å²) in [4.78, 5) is 62.4. The topological polar surface area (TPSA) is 159 Å². The molecule has 4 N–H and O–H groups in total. The molecule has 2 heterocycles. The molecule has 1 aromatic heterocycles. The highest BCUT2D eigenvalue weighted by atomic mass is 32.2. The van der Waals surface area contributed by atoms with Crippen LogP contribution >= 0.6 is 23.1 Å². The van der Waals surface area contributed by atoms with Gasteiger partial charge in [0.15, 0.2) is 0 Å². The van der Waals surface area contributed by atoms with Crippen LogP contribution < -0.4 is 16.0 Å². The van der Waals surface area contributed by atoms with E-state index in [1.807, 2.05) is 126 Å². The number of amides is 4. The maximum atomic E-state index is 15.3. The average Bonchev–Trinajstić information content (AvgIpc) is 3.98. The first-order valence-corrected chi connectivity index (χ1v) is 26.7. The maximum Gasteiger partial charge on any atom is 0.407 e. The molecule has 0 saturated carbocycles. The van der Waals surface area contributed by atoms with Crippen molar-refractivity contribution in [1.29, 1.82) is 0 Å². The van der Waals surface area contributed by atoms with Crippen molar-refractivity contribution in [1.82, 2.24) is 25.8 Å².